The predicted molar refractivity (Wildman–Crippen MR) is 101 cm³/mol. The van der Waals surface area contributed by atoms with E-state index >= 15 is 0 Å². The van der Waals surface area contributed by atoms with E-state index in [9.17, 15) is 5.11 Å². The van der Waals surface area contributed by atoms with Crippen molar-refractivity contribution >= 4 is 5.96 Å². The van der Waals surface area contributed by atoms with Gasteiger partial charge in [0.1, 0.15) is 0 Å². The van der Waals surface area contributed by atoms with E-state index in [0.717, 1.165) is 31.2 Å². The first-order valence-electron chi connectivity index (χ1n) is 9.34. The summed E-state index contributed by atoms with van der Waals surface area (Å²) in [6.45, 7) is 4.48. The molecular formula is C19H32N4O2. The molecule has 0 aliphatic heterocycles. The third-order valence-electron chi connectivity index (χ3n) is 4.92. The van der Waals surface area contributed by atoms with E-state index in [-0.39, 0.29) is 12.0 Å². The molecule has 6 nitrogen and oxygen atoms in total. The van der Waals surface area contributed by atoms with E-state index in [1.165, 1.54) is 32.1 Å². The highest BCUT2D eigenvalue weighted by molar-refractivity contribution is 5.79. The van der Waals surface area contributed by atoms with Gasteiger partial charge in [-0.15, -0.1) is 0 Å². The van der Waals surface area contributed by atoms with Crippen molar-refractivity contribution in [3.8, 4) is 5.88 Å². The molecule has 1 heterocycles. The number of rotatable bonds is 8. The fourth-order valence-corrected chi connectivity index (χ4v) is 3.49. The van der Waals surface area contributed by atoms with Crippen LogP contribution in [0.4, 0.5) is 0 Å². The molecule has 1 saturated carbocycles. The molecule has 0 spiro atoms. The second kappa shape index (κ2) is 10.2. The lowest BCUT2D eigenvalue weighted by atomic mass is 9.72. The summed E-state index contributed by atoms with van der Waals surface area (Å²) in [7, 11) is 1.62. The van der Waals surface area contributed by atoms with E-state index in [4.69, 9.17) is 4.74 Å². The smallest absolute Gasteiger partial charge is 0.213 e. The van der Waals surface area contributed by atoms with Gasteiger partial charge in [-0.25, -0.2) is 9.98 Å². The summed E-state index contributed by atoms with van der Waals surface area (Å²) in [6.07, 6.45) is 7.03. The van der Waals surface area contributed by atoms with Crippen molar-refractivity contribution in [1.82, 2.24) is 15.6 Å². The lowest BCUT2D eigenvalue weighted by Gasteiger charge is -2.37. The Hall–Kier alpha value is -1.82. The van der Waals surface area contributed by atoms with Crippen LogP contribution in [0.5, 0.6) is 5.88 Å². The number of ether oxygens (including phenoxy) is 1. The van der Waals surface area contributed by atoms with Crippen molar-refractivity contribution in [2.75, 3.05) is 26.8 Å². The quantitative estimate of drug-likeness (QED) is 0.497. The van der Waals surface area contributed by atoms with Gasteiger partial charge in [0.25, 0.3) is 0 Å². The van der Waals surface area contributed by atoms with Gasteiger partial charge in [-0.05, 0) is 37.7 Å². The van der Waals surface area contributed by atoms with E-state index in [0.29, 0.717) is 12.4 Å². The zero-order chi connectivity index (χ0) is 18.0. The number of methoxy groups -OCH3 is 1. The number of aliphatic hydroxyl groups excluding tert-OH is 1. The molecule has 0 amide bonds. The maximum atomic E-state index is 9.46. The van der Waals surface area contributed by atoms with Crippen molar-refractivity contribution in [1.29, 1.82) is 0 Å². The van der Waals surface area contributed by atoms with Crippen LogP contribution in [-0.2, 0) is 6.54 Å². The molecule has 2 rings (SSSR count). The van der Waals surface area contributed by atoms with Crippen LogP contribution in [0.25, 0.3) is 0 Å². The summed E-state index contributed by atoms with van der Waals surface area (Å²) in [5.41, 5.74) is 1.07. The molecule has 0 aromatic carbocycles. The molecule has 0 atom stereocenters. The molecule has 1 aliphatic rings. The Morgan fingerprint density at radius 3 is 2.76 bits per heavy atom. The number of nitrogens with zero attached hydrogens (tertiary/aromatic N) is 2. The minimum Gasteiger partial charge on any atom is -0.481 e. The summed E-state index contributed by atoms with van der Waals surface area (Å²) < 4.78 is 5.16. The van der Waals surface area contributed by atoms with Gasteiger partial charge in [-0.3, -0.25) is 0 Å². The number of aliphatic hydroxyl groups is 1. The fraction of sp³-hybridized carbons (Fsp3) is 0.684. The van der Waals surface area contributed by atoms with Gasteiger partial charge in [-0.1, -0.05) is 25.3 Å². The lowest BCUT2D eigenvalue weighted by Crippen LogP contribution is -2.45. The Bertz CT molecular complexity index is 536. The maximum Gasteiger partial charge on any atom is 0.213 e. The molecule has 1 fully saturated rings. The monoisotopic (exact) mass is 348 g/mol. The Balaban J connectivity index is 1.98. The molecule has 3 N–H and O–H groups in total. The van der Waals surface area contributed by atoms with Gasteiger partial charge in [0, 0.05) is 25.8 Å². The van der Waals surface area contributed by atoms with Crippen LogP contribution in [0.15, 0.2) is 23.2 Å². The van der Waals surface area contributed by atoms with Gasteiger partial charge in [0.2, 0.25) is 5.88 Å². The molecular weight excluding hydrogens is 316 g/mol. The number of aromatic nitrogens is 1. The summed E-state index contributed by atoms with van der Waals surface area (Å²) in [5.74, 6) is 1.41. The van der Waals surface area contributed by atoms with Gasteiger partial charge in [0.15, 0.2) is 5.96 Å². The first-order chi connectivity index (χ1) is 12.2. The average molecular weight is 348 g/mol. The Labute approximate surface area is 151 Å². The number of pyridine rings is 1. The van der Waals surface area contributed by atoms with E-state index in [2.05, 4.69) is 27.5 Å². The van der Waals surface area contributed by atoms with Crippen LogP contribution in [0.3, 0.4) is 0 Å². The zero-order valence-electron chi connectivity index (χ0n) is 15.6. The third-order valence-corrected chi connectivity index (χ3v) is 4.92. The zero-order valence-corrected chi connectivity index (χ0v) is 15.6. The number of guanidine groups is 1. The highest BCUT2D eigenvalue weighted by Crippen LogP contribution is 2.38. The predicted octanol–water partition coefficient (Wildman–Crippen LogP) is 2.48. The van der Waals surface area contributed by atoms with Crippen molar-refractivity contribution in [2.24, 2.45) is 10.4 Å². The second-order valence-electron chi connectivity index (χ2n) is 6.75. The Morgan fingerprint density at radius 1 is 1.28 bits per heavy atom. The summed E-state index contributed by atoms with van der Waals surface area (Å²) in [4.78, 5) is 9.05. The van der Waals surface area contributed by atoms with E-state index < -0.39 is 0 Å². The number of nitrogens with one attached hydrogen (secondary N) is 2. The molecule has 0 unspecified atom stereocenters. The topological polar surface area (TPSA) is 78.8 Å². The number of hydrogen-bond donors (Lipinski definition) is 3. The highest BCUT2D eigenvalue weighted by atomic mass is 16.5. The number of aliphatic imine (C=N–C) groups is 1. The van der Waals surface area contributed by atoms with Crippen molar-refractivity contribution in [3.63, 3.8) is 0 Å². The van der Waals surface area contributed by atoms with Crippen molar-refractivity contribution in [3.05, 3.63) is 23.9 Å². The van der Waals surface area contributed by atoms with Crippen LogP contribution in [0, 0.1) is 5.41 Å². The Kier molecular flexibility index (Phi) is 7.98. The standard InChI is InChI=1S/C19H32N4O2/c1-3-20-18(21-14-16-8-7-9-17(23-16)25-2)22-15-19(12-13-24)10-5-4-6-11-19/h7-9,24H,3-6,10-15H2,1-2H3,(H2,20,21,22). The Morgan fingerprint density at radius 2 is 2.08 bits per heavy atom. The molecule has 0 bridgehead atoms. The first kappa shape index (κ1) is 19.5. The van der Waals surface area contributed by atoms with Gasteiger partial charge in [0.05, 0.1) is 19.3 Å². The van der Waals surface area contributed by atoms with Crippen LogP contribution < -0.4 is 15.4 Å². The summed E-state index contributed by atoms with van der Waals surface area (Å²) in [5, 5.41) is 16.2. The SMILES string of the molecule is CCNC(=NCc1cccc(OC)n1)NCC1(CCO)CCCCC1. The minimum absolute atomic E-state index is 0.192. The van der Waals surface area contributed by atoms with E-state index in [1.807, 2.05) is 18.2 Å². The lowest BCUT2D eigenvalue weighted by molar-refractivity contribution is 0.131. The largest absolute Gasteiger partial charge is 0.481 e. The first-order valence-corrected chi connectivity index (χ1v) is 9.34. The van der Waals surface area contributed by atoms with E-state index in [1.54, 1.807) is 7.11 Å². The third kappa shape index (κ3) is 6.20. The van der Waals surface area contributed by atoms with Crippen LogP contribution in [0.2, 0.25) is 0 Å². The molecule has 1 aromatic heterocycles. The molecule has 1 aromatic rings. The van der Waals surface area contributed by atoms with Crippen LogP contribution >= 0.6 is 0 Å². The van der Waals surface area contributed by atoms with Gasteiger partial charge in [-0.2, -0.15) is 0 Å². The molecule has 0 saturated heterocycles. The maximum absolute atomic E-state index is 9.46. The normalized spacial score (nSPS) is 17.2. The fourth-order valence-electron chi connectivity index (χ4n) is 3.49. The van der Waals surface area contributed by atoms with Crippen molar-refractivity contribution in [2.45, 2.75) is 52.0 Å². The summed E-state index contributed by atoms with van der Waals surface area (Å²) >= 11 is 0. The molecule has 25 heavy (non-hydrogen) atoms. The van der Waals surface area contributed by atoms with Gasteiger partial charge >= 0.3 is 0 Å². The second-order valence-corrected chi connectivity index (χ2v) is 6.75. The minimum atomic E-state index is 0.192. The van der Waals surface area contributed by atoms with Gasteiger partial charge < -0.3 is 20.5 Å². The molecule has 6 heteroatoms. The van der Waals surface area contributed by atoms with Crippen LogP contribution in [-0.4, -0.2) is 42.9 Å². The molecule has 140 valence electrons. The average Bonchev–Trinajstić information content (AvgIpc) is 2.65. The van der Waals surface area contributed by atoms with Crippen molar-refractivity contribution < 1.29 is 9.84 Å². The molecule has 1 aliphatic carbocycles. The number of hydrogen-bond acceptors (Lipinski definition) is 4. The molecule has 0 radical (unpaired) electrons. The summed E-state index contributed by atoms with van der Waals surface area (Å²) in [6, 6.07) is 5.71. The highest BCUT2D eigenvalue weighted by Gasteiger charge is 2.31. The van der Waals surface area contributed by atoms with Crippen LogP contribution in [0.1, 0.15) is 51.1 Å².